The van der Waals surface area contributed by atoms with E-state index in [2.05, 4.69) is 75.2 Å². The minimum atomic E-state index is 0.174. The van der Waals surface area contributed by atoms with Crippen molar-refractivity contribution < 1.29 is 0 Å². The maximum absolute atomic E-state index is 6.49. The zero-order valence-electron chi connectivity index (χ0n) is 17.2. The van der Waals surface area contributed by atoms with Crippen molar-refractivity contribution in [2.75, 3.05) is 0 Å². The Kier molecular flexibility index (Phi) is 4.03. The molecule has 0 aliphatic rings. The van der Waals surface area contributed by atoms with Crippen LogP contribution in [0.15, 0.2) is 91.0 Å². The third kappa shape index (κ3) is 2.80. The van der Waals surface area contributed by atoms with Gasteiger partial charge in [-0.1, -0.05) is 66.7 Å². The Morgan fingerprint density at radius 3 is 2.00 bits per heavy atom. The van der Waals surface area contributed by atoms with E-state index >= 15 is 0 Å². The molecule has 7 rings (SSSR count). The monoisotopic (exact) mass is 462 g/mol. The molecule has 6 heteroatoms. The summed E-state index contributed by atoms with van der Waals surface area (Å²) in [6, 6.07) is 31.2. The van der Waals surface area contributed by atoms with E-state index in [-0.39, 0.29) is 5.28 Å². The number of halogens is 1. The Balaban J connectivity index is 1.55. The standard InChI is InChI=1S/C27H15ClN4S/c28-26-29-25(19-11-7-15-23-24(19)18-10-3-6-14-22(18)33-23)30-27(31-26)32-20-12-4-1-8-16(20)17-9-2-5-13-21(17)32/h1-15H. The average Bonchev–Trinajstić information content (AvgIpc) is 3.39. The van der Waals surface area contributed by atoms with Crippen molar-refractivity contribution in [3.63, 3.8) is 0 Å². The Morgan fingerprint density at radius 1 is 0.606 bits per heavy atom. The molecular weight excluding hydrogens is 448 g/mol. The predicted octanol–water partition coefficient (Wildman–Crippen LogP) is 7.66. The number of thiophene rings is 1. The maximum Gasteiger partial charge on any atom is 0.239 e. The van der Waals surface area contributed by atoms with Crippen molar-refractivity contribution in [2.24, 2.45) is 0 Å². The first-order valence-corrected chi connectivity index (χ1v) is 11.8. The van der Waals surface area contributed by atoms with Crippen LogP contribution in [-0.2, 0) is 0 Å². The van der Waals surface area contributed by atoms with E-state index in [1.165, 1.54) is 14.8 Å². The second-order valence-corrected chi connectivity index (χ2v) is 9.30. The van der Waals surface area contributed by atoms with Gasteiger partial charge < -0.3 is 0 Å². The molecule has 0 bridgehead atoms. The van der Waals surface area contributed by atoms with E-state index in [0.717, 1.165) is 32.8 Å². The van der Waals surface area contributed by atoms with Crippen molar-refractivity contribution in [1.82, 2.24) is 19.5 Å². The molecule has 0 radical (unpaired) electrons. The smallest absolute Gasteiger partial charge is 0.239 e. The molecule has 0 saturated carbocycles. The molecule has 0 unspecified atom stereocenters. The van der Waals surface area contributed by atoms with Gasteiger partial charge in [-0.3, -0.25) is 4.57 Å². The first-order valence-electron chi connectivity index (χ1n) is 10.6. The molecule has 0 saturated heterocycles. The predicted molar refractivity (Wildman–Crippen MR) is 138 cm³/mol. The van der Waals surface area contributed by atoms with Gasteiger partial charge in [-0.2, -0.15) is 15.0 Å². The minimum Gasteiger partial charge on any atom is -0.278 e. The molecule has 4 aromatic carbocycles. The summed E-state index contributed by atoms with van der Waals surface area (Å²) in [5.41, 5.74) is 3.02. The zero-order valence-corrected chi connectivity index (χ0v) is 18.8. The highest BCUT2D eigenvalue weighted by molar-refractivity contribution is 7.25. The van der Waals surface area contributed by atoms with Crippen LogP contribution >= 0.6 is 22.9 Å². The van der Waals surface area contributed by atoms with Gasteiger partial charge in [-0.15, -0.1) is 11.3 Å². The molecule has 0 fully saturated rings. The lowest BCUT2D eigenvalue weighted by Crippen LogP contribution is -2.04. The van der Waals surface area contributed by atoms with Crippen LogP contribution in [0.25, 0.3) is 59.3 Å². The summed E-state index contributed by atoms with van der Waals surface area (Å²) in [6.07, 6.45) is 0. The molecule has 0 spiro atoms. The molecule has 0 aliphatic heterocycles. The molecule has 3 aromatic heterocycles. The topological polar surface area (TPSA) is 43.6 Å². The van der Waals surface area contributed by atoms with E-state index in [1.54, 1.807) is 11.3 Å². The molecule has 33 heavy (non-hydrogen) atoms. The Labute approximate surface area is 197 Å². The minimum absolute atomic E-state index is 0.174. The lowest BCUT2D eigenvalue weighted by molar-refractivity contribution is 0.948. The summed E-state index contributed by atoms with van der Waals surface area (Å²) in [7, 11) is 0. The van der Waals surface area contributed by atoms with Gasteiger partial charge in [0, 0.05) is 36.5 Å². The number of hydrogen-bond donors (Lipinski definition) is 0. The largest absolute Gasteiger partial charge is 0.278 e. The normalized spacial score (nSPS) is 11.8. The van der Waals surface area contributed by atoms with Crippen LogP contribution in [0.1, 0.15) is 0 Å². The zero-order chi connectivity index (χ0) is 21.9. The van der Waals surface area contributed by atoms with Crippen LogP contribution in [0.5, 0.6) is 0 Å². The van der Waals surface area contributed by atoms with E-state index in [4.69, 9.17) is 16.6 Å². The molecule has 4 nitrogen and oxygen atoms in total. The highest BCUT2D eigenvalue weighted by atomic mass is 35.5. The first kappa shape index (κ1) is 18.7. The van der Waals surface area contributed by atoms with E-state index < -0.39 is 0 Å². The van der Waals surface area contributed by atoms with Crippen LogP contribution in [0, 0.1) is 0 Å². The fourth-order valence-corrected chi connectivity index (χ4v) is 5.95. The Morgan fingerprint density at radius 2 is 1.24 bits per heavy atom. The Bertz CT molecular complexity index is 1800. The second-order valence-electron chi connectivity index (χ2n) is 7.87. The lowest BCUT2D eigenvalue weighted by atomic mass is 10.1. The molecule has 0 aliphatic carbocycles. The summed E-state index contributed by atoms with van der Waals surface area (Å²) in [5, 5.41) is 4.82. The van der Waals surface area contributed by atoms with E-state index in [9.17, 15) is 0 Å². The van der Waals surface area contributed by atoms with Crippen molar-refractivity contribution in [3.05, 3.63) is 96.3 Å². The van der Waals surface area contributed by atoms with Gasteiger partial charge >= 0.3 is 0 Å². The van der Waals surface area contributed by atoms with Crippen LogP contribution in [0.4, 0.5) is 0 Å². The molecule has 0 atom stereocenters. The van der Waals surface area contributed by atoms with Gasteiger partial charge in [0.05, 0.1) is 11.0 Å². The van der Waals surface area contributed by atoms with Crippen LogP contribution in [0.3, 0.4) is 0 Å². The van der Waals surface area contributed by atoms with Crippen molar-refractivity contribution in [1.29, 1.82) is 0 Å². The van der Waals surface area contributed by atoms with Gasteiger partial charge in [0.15, 0.2) is 5.82 Å². The van der Waals surface area contributed by atoms with Crippen LogP contribution in [-0.4, -0.2) is 19.5 Å². The summed E-state index contributed by atoms with van der Waals surface area (Å²) >= 11 is 8.26. The SMILES string of the molecule is Clc1nc(-c2cccc3sc4ccccc4c23)nc(-n2c3ccccc3c3ccccc32)n1. The van der Waals surface area contributed by atoms with Crippen molar-refractivity contribution >= 4 is 64.9 Å². The van der Waals surface area contributed by atoms with Crippen LogP contribution in [0.2, 0.25) is 5.28 Å². The number of hydrogen-bond acceptors (Lipinski definition) is 4. The Hall–Kier alpha value is -3.80. The number of nitrogens with zero attached hydrogens (tertiary/aromatic N) is 4. The summed E-state index contributed by atoms with van der Waals surface area (Å²) < 4.78 is 4.50. The molecule has 7 aromatic rings. The second kappa shape index (κ2) is 7.10. The first-order chi connectivity index (χ1) is 16.3. The van der Waals surface area contributed by atoms with E-state index in [1.807, 2.05) is 30.3 Å². The number of benzene rings is 4. The van der Waals surface area contributed by atoms with Gasteiger partial charge in [0.2, 0.25) is 11.2 Å². The summed E-state index contributed by atoms with van der Waals surface area (Å²) in [6.45, 7) is 0. The summed E-state index contributed by atoms with van der Waals surface area (Å²) in [5.74, 6) is 1.08. The fourth-order valence-electron chi connectivity index (χ4n) is 4.66. The van der Waals surface area contributed by atoms with Gasteiger partial charge in [-0.05, 0) is 35.9 Å². The van der Waals surface area contributed by atoms with Crippen molar-refractivity contribution in [3.8, 4) is 17.3 Å². The fraction of sp³-hybridized carbons (Fsp3) is 0. The number of aromatic nitrogens is 4. The number of para-hydroxylation sites is 2. The third-order valence-corrected chi connectivity index (χ3v) is 7.32. The van der Waals surface area contributed by atoms with Gasteiger partial charge in [0.1, 0.15) is 0 Å². The maximum atomic E-state index is 6.49. The summed E-state index contributed by atoms with van der Waals surface area (Å²) in [4.78, 5) is 14.0. The lowest BCUT2D eigenvalue weighted by Gasteiger charge is -2.09. The van der Waals surface area contributed by atoms with Crippen LogP contribution < -0.4 is 0 Å². The molecule has 0 amide bonds. The molecular formula is C27H15ClN4S. The number of rotatable bonds is 2. The van der Waals surface area contributed by atoms with E-state index in [0.29, 0.717) is 11.8 Å². The highest BCUT2D eigenvalue weighted by Gasteiger charge is 2.18. The highest BCUT2D eigenvalue weighted by Crippen LogP contribution is 2.39. The molecule has 0 N–H and O–H groups in total. The van der Waals surface area contributed by atoms with Gasteiger partial charge in [-0.25, -0.2) is 0 Å². The van der Waals surface area contributed by atoms with Crippen molar-refractivity contribution in [2.45, 2.75) is 0 Å². The van der Waals surface area contributed by atoms with Gasteiger partial charge in [0.25, 0.3) is 0 Å². The molecule has 156 valence electrons. The third-order valence-electron chi connectivity index (χ3n) is 6.02. The quantitative estimate of drug-likeness (QED) is 0.265. The number of fused-ring (bicyclic) bond motifs is 6. The average molecular weight is 463 g/mol. The molecule has 3 heterocycles.